The zero-order chi connectivity index (χ0) is 19.6. The first kappa shape index (κ1) is 19.8. The maximum Gasteiger partial charge on any atom is 0.123 e. The molecule has 0 saturated heterocycles. The van der Waals surface area contributed by atoms with Crippen molar-refractivity contribution in [2.45, 2.75) is 71.8 Å². The van der Waals surface area contributed by atoms with Crippen molar-refractivity contribution in [3.8, 4) is 11.1 Å². The minimum atomic E-state index is -0.248. The second-order valence-corrected chi connectivity index (χ2v) is 8.13. The van der Waals surface area contributed by atoms with E-state index in [1.165, 1.54) is 30.5 Å². The van der Waals surface area contributed by atoms with Gasteiger partial charge in [-0.15, -0.1) is 0 Å². The lowest BCUT2D eigenvalue weighted by Gasteiger charge is -2.23. The van der Waals surface area contributed by atoms with E-state index in [0.717, 1.165) is 46.5 Å². The van der Waals surface area contributed by atoms with Gasteiger partial charge in [-0.05, 0) is 60.8 Å². The van der Waals surface area contributed by atoms with Gasteiger partial charge in [0.2, 0.25) is 0 Å². The minimum Gasteiger partial charge on any atom is -0.392 e. The number of aliphatic hydroxyl groups excluding tert-OH is 1. The van der Waals surface area contributed by atoms with Crippen LogP contribution in [-0.2, 0) is 6.61 Å². The van der Waals surface area contributed by atoms with Crippen LogP contribution in [0.2, 0.25) is 0 Å². The molecule has 0 radical (unpaired) electrons. The minimum absolute atomic E-state index is 0.0677. The topological polar surface area (TPSA) is 33.1 Å². The number of halogens is 1. The summed E-state index contributed by atoms with van der Waals surface area (Å²) in [5.74, 6) is 0.224. The van der Waals surface area contributed by atoms with Crippen molar-refractivity contribution in [3.63, 3.8) is 0 Å². The largest absolute Gasteiger partial charge is 0.392 e. The molecule has 1 heterocycles. The predicted octanol–water partition coefficient (Wildman–Crippen LogP) is 6.58. The number of pyridine rings is 1. The van der Waals surface area contributed by atoms with Crippen molar-refractivity contribution in [2.24, 2.45) is 0 Å². The summed E-state index contributed by atoms with van der Waals surface area (Å²) >= 11 is 0. The van der Waals surface area contributed by atoms with E-state index in [4.69, 9.17) is 4.98 Å². The zero-order valence-corrected chi connectivity index (χ0v) is 16.8. The number of rotatable bonds is 5. The smallest absolute Gasteiger partial charge is 0.123 e. The van der Waals surface area contributed by atoms with Crippen LogP contribution in [0.3, 0.4) is 0 Å². The summed E-state index contributed by atoms with van der Waals surface area (Å²) in [5.41, 5.74) is 7.37. The Morgan fingerprint density at radius 3 is 2.11 bits per heavy atom. The van der Waals surface area contributed by atoms with Crippen molar-refractivity contribution >= 4 is 6.08 Å². The first-order chi connectivity index (χ1) is 12.9. The van der Waals surface area contributed by atoms with Crippen molar-refractivity contribution in [3.05, 3.63) is 58.2 Å². The Morgan fingerprint density at radius 2 is 1.59 bits per heavy atom. The van der Waals surface area contributed by atoms with Crippen molar-refractivity contribution in [1.82, 2.24) is 4.98 Å². The summed E-state index contributed by atoms with van der Waals surface area (Å²) in [4.78, 5) is 5.01. The second kappa shape index (κ2) is 8.35. The molecule has 0 atom stereocenters. The van der Waals surface area contributed by atoms with Gasteiger partial charge >= 0.3 is 0 Å². The lowest BCUT2D eigenvalue weighted by atomic mass is 9.86. The molecule has 1 saturated carbocycles. The highest BCUT2D eigenvalue weighted by Crippen LogP contribution is 2.39. The summed E-state index contributed by atoms with van der Waals surface area (Å²) in [5, 5.41) is 10.2. The molecule has 2 nitrogen and oxygen atoms in total. The Hall–Kier alpha value is -2.00. The quantitative estimate of drug-likeness (QED) is 0.647. The van der Waals surface area contributed by atoms with Crippen LogP contribution in [0.5, 0.6) is 0 Å². The normalized spacial score (nSPS) is 14.4. The van der Waals surface area contributed by atoms with E-state index >= 15 is 0 Å². The summed E-state index contributed by atoms with van der Waals surface area (Å²) in [6.45, 7) is 8.47. The van der Waals surface area contributed by atoms with Gasteiger partial charge in [0, 0.05) is 16.8 Å². The third-order valence-electron chi connectivity index (χ3n) is 5.38. The van der Waals surface area contributed by atoms with E-state index in [2.05, 4.69) is 33.8 Å². The van der Waals surface area contributed by atoms with Crippen LogP contribution in [0, 0.1) is 5.82 Å². The van der Waals surface area contributed by atoms with Crippen molar-refractivity contribution in [2.75, 3.05) is 0 Å². The third kappa shape index (κ3) is 4.14. The van der Waals surface area contributed by atoms with Crippen molar-refractivity contribution < 1.29 is 9.50 Å². The molecular formula is C24H30FNO. The zero-order valence-electron chi connectivity index (χ0n) is 16.8. The Bertz CT molecular complexity index is 826. The lowest BCUT2D eigenvalue weighted by molar-refractivity contribution is 0.280. The summed E-state index contributed by atoms with van der Waals surface area (Å²) in [7, 11) is 0. The van der Waals surface area contributed by atoms with Gasteiger partial charge in [-0.1, -0.05) is 51.5 Å². The van der Waals surface area contributed by atoms with Crippen LogP contribution in [-0.4, -0.2) is 10.1 Å². The van der Waals surface area contributed by atoms with Crippen LogP contribution in [0.25, 0.3) is 17.2 Å². The van der Waals surface area contributed by atoms with Gasteiger partial charge in [0.15, 0.2) is 0 Å². The molecule has 3 heteroatoms. The molecule has 1 aliphatic carbocycles. The lowest BCUT2D eigenvalue weighted by Crippen LogP contribution is -2.10. The summed E-state index contributed by atoms with van der Waals surface area (Å²) < 4.78 is 13.6. The van der Waals surface area contributed by atoms with Crippen LogP contribution in [0.15, 0.2) is 29.8 Å². The SMILES string of the molecule is CC(C)c1nc(C(C)C)c(CO)c(-c2ccc(F)cc2)c1C=C1CCCC1. The van der Waals surface area contributed by atoms with E-state index in [9.17, 15) is 9.50 Å². The van der Waals surface area contributed by atoms with E-state index in [1.54, 1.807) is 0 Å². The molecule has 3 rings (SSSR count). The third-order valence-corrected chi connectivity index (χ3v) is 5.38. The average Bonchev–Trinajstić information content (AvgIpc) is 3.14. The molecule has 1 aromatic heterocycles. The first-order valence-electron chi connectivity index (χ1n) is 10.0. The first-order valence-corrected chi connectivity index (χ1v) is 10.0. The number of benzene rings is 1. The molecule has 0 spiro atoms. The number of aliphatic hydroxyl groups is 1. The molecule has 2 aromatic rings. The molecule has 1 fully saturated rings. The average molecular weight is 368 g/mol. The number of hydrogen-bond acceptors (Lipinski definition) is 2. The molecule has 1 aliphatic rings. The van der Waals surface area contributed by atoms with Crippen LogP contribution >= 0.6 is 0 Å². The highest BCUT2D eigenvalue weighted by Gasteiger charge is 2.23. The maximum atomic E-state index is 13.6. The molecule has 27 heavy (non-hydrogen) atoms. The van der Waals surface area contributed by atoms with Crippen LogP contribution in [0.1, 0.15) is 87.7 Å². The Morgan fingerprint density at radius 1 is 1.00 bits per heavy atom. The predicted molar refractivity (Wildman–Crippen MR) is 110 cm³/mol. The Balaban J connectivity index is 2.36. The highest BCUT2D eigenvalue weighted by molar-refractivity contribution is 5.81. The molecule has 1 N–H and O–H groups in total. The fourth-order valence-electron chi connectivity index (χ4n) is 4.02. The van der Waals surface area contributed by atoms with Gasteiger partial charge < -0.3 is 5.11 Å². The highest BCUT2D eigenvalue weighted by atomic mass is 19.1. The summed E-state index contributed by atoms with van der Waals surface area (Å²) in [6.07, 6.45) is 7.01. The Labute approximate surface area is 162 Å². The van der Waals surface area contributed by atoms with E-state index in [1.807, 2.05) is 12.1 Å². The van der Waals surface area contributed by atoms with Gasteiger partial charge in [-0.25, -0.2) is 4.39 Å². The Kier molecular flexibility index (Phi) is 6.11. The number of nitrogens with zero attached hydrogens (tertiary/aromatic N) is 1. The van der Waals surface area contributed by atoms with E-state index in [-0.39, 0.29) is 24.3 Å². The molecule has 0 bridgehead atoms. The van der Waals surface area contributed by atoms with Gasteiger partial charge in [0.1, 0.15) is 5.82 Å². The van der Waals surface area contributed by atoms with Gasteiger partial charge in [-0.3, -0.25) is 4.98 Å². The van der Waals surface area contributed by atoms with Gasteiger partial charge in [-0.2, -0.15) is 0 Å². The molecule has 0 unspecified atom stereocenters. The second-order valence-electron chi connectivity index (χ2n) is 8.13. The van der Waals surface area contributed by atoms with Crippen molar-refractivity contribution in [1.29, 1.82) is 0 Å². The number of aromatic nitrogens is 1. The molecule has 0 amide bonds. The maximum absolute atomic E-state index is 13.6. The molecule has 0 aliphatic heterocycles. The van der Waals surface area contributed by atoms with E-state index in [0.29, 0.717) is 0 Å². The fourth-order valence-corrected chi connectivity index (χ4v) is 4.02. The summed E-state index contributed by atoms with van der Waals surface area (Å²) in [6, 6.07) is 6.62. The molecule has 1 aromatic carbocycles. The molecular weight excluding hydrogens is 337 g/mol. The number of hydrogen-bond donors (Lipinski definition) is 1. The molecule has 144 valence electrons. The monoisotopic (exact) mass is 367 g/mol. The van der Waals surface area contributed by atoms with Gasteiger partial charge in [0.05, 0.1) is 12.3 Å². The standard InChI is InChI=1S/C24H30FNO/c1-15(2)23-20(13-17-7-5-6-8-17)22(18-9-11-19(25)12-10-18)21(14-27)24(26-23)16(3)4/h9-13,15-16,27H,5-8,14H2,1-4H3. The van der Waals surface area contributed by atoms with Crippen LogP contribution in [0.4, 0.5) is 4.39 Å². The van der Waals surface area contributed by atoms with E-state index < -0.39 is 0 Å². The fraction of sp³-hybridized carbons (Fsp3) is 0.458. The van der Waals surface area contributed by atoms with Crippen LogP contribution < -0.4 is 0 Å². The number of allylic oxidation sites excluding steroid dienone is 1. The van der Waals surface area contributed by atoms with Gasteiger partial charge in [0.25, 0.3) is 0 Å².